The highest BCUT2D eigenvalue weighted by molar-refractivity contribution is 5.59. The number of hydrogen-bond donors (Lipinski definition) is 2. The van der Waals surface area contributed by atoms with E-state index in [2.05, 4.69) is 15.0 Å². The van der Waals surface area contributed by atoms with Crippen molar-refractivity contribution < 1.29 is 9.84 Å². The van der Waals surface area contributed by atoms with Crippen LogP contribution >= 0.6 is 0 Å². The molecule has 0 bridgehead atoms. The van der Waals surface area contributed by atoms with Crippen LogP contribution in [0.2, 0.25) is 0 Å². The standard InChI is InChI=1S/C12H16N6O3/c1-2-3-7-5-18(12(20)15-11(7)13)10-4-8(16-17-14)9(6-19)21-10/h2-3,5,8-10,19H,4,6H2,1H3,(H2,13,15,20)/t8?,9-,10-/m1/s1. The number of azide groups is 1. The average Bonchev–Trinajstić information content (AvgIpc) is 2.85. The van der Waals surface area contributed by atoms with Gasteiger partial charge in [-0.2, -0.15) is 4.98 Å². The molecule has 1 aliphatic rings. The van der Waals surface area contributed by atoms with Crippen LogP contribution in [0.15, 0.2) is 22.2 Å². The number of allylic oxidation sites excluding steroid dienone is 1. The van der Waals surface area contributed by atoms with Gasteiger partial charge < -0.3 is 15.6 Å². The lowest BCUT2D eigenvalue weighted by Crippen LogP contribution is -2.28. The normalized spacial score (nSPS) is 25.1. The van der Waals surface area contributed by atoms with E-state index in [0.717, 1.165) is 0 Å². The summed E-state index contributed by atoms with van der Waals surface area (Å²) in [5.74, 6) is 0.137. The van der Waals surface area contributed by atoms with Crippen molar-refractivity contribution in [3.63, 3.8) is 0 Å². The van der Waals surface area contributed by atoms with Crippen LogP contribution in [0, 0.1) is 0 Å². The summed E-state index contributed by atoms with van der Waals surface area (Å²) in [7, 11) is 0. The molecule has 2 rings (SSSR count). The molecule has 21 heavy (non-hydrogen) atoms. The molecular weight excluding hydrogens is 276 g/mol. The van der Waals surface area contributed by atoms with Gasteiger partial charge in [0.05, 0.1) is 18.8 Å². The molecular formula is C12H16N6O3. The Morgan fingerprint density at radius 3 is 3.14 bits per heavy atom. The molecule has 3 atom stereocenters. The van der Waals surface area contributed by atoms with Gasteiger partial charge in [0.2, 0.25) is 0 Å². The molecule has 0 amide bonds. The van der Waals surface area contributed by atoms with E-state index in [0.29, 0.717) is 5.56 Å². The number of rotatable bonds is 4. The number of nitrogen functional groups attached to an aromatic ring is 1. The van der Waals surface area contributed by atoms with E-state index in [9.17, 15) is 9.90 Å². The molecule has 0 aromatic carbocycles. The lowest BCUT2D eigenvalue weighted by atomic mass is 10.1. The van der Waals surface area contributed by atoms with Crippen LogP contribution in [0.3, 0.4) is 0 Å². The minimum absolute atomic E-state index is 0.137. The van der Waals surface area contributed by atoms with Crippen molar-refractivity contribution in [1.29, 1.82) is 0 Å². The first-order valence-corrected chi connectivity index (χ1v) is 6.42. The number of aliphatic hydroxyl groups is 1. The zero-order valence-corrected chi connectivity index (χ0v) is 11.5. The maximum Gasteiger partial charge on any atom is 0.351 e. The van der Waals surface area contributed by atoms with Crippen LogP contribution in [0.4, 0.5) is 5.82 Å². The second-order valence-corrected chi connectivity index (χ2v) is 4.59. The van der Waals surface area contributed by atoms with Crippen LogP contribution in [0.5, 0.6) is 0 Å². The first-order valence-electron chi connectivity index (χ1n) is 6.42. The molecule has 3 N–H and O–H groups in total. The Hall–Kier alpha value is -2.35. The lowest BCUT2D eigenvalue weighted by molar-refractivity contribution is -0.0270. The molecule has 9 nitrogen and oxygen atoms in total. The van der Waals surface area contributed by atoms with Gasteiger partial charge in [0.15, 0.2) is 0 Å². The Balaban J connectivity index is 2.36. The first kappa shape index (κ1) is 15.0. The highest BCUT2D eigenvalue weighted by atomic mass is 16.5. The molecule has 0 aliphatic carbocycles. The number of anilines is 1. The van der Waals surface area contributed by atoms with E-state index >= 15 is 0 Å². The third-order valence-electron chi connectivity index (χ3n) is 3.25. The molecule has 9 heteroatoms. The number of nitrogens with zero attached hydrogens (tertiary/aromatic N) is 5. The van der Waals surface area contributed by atoms with Crippen LogP contribution in [0.1, 0.15) is 25.1 Å². The summed E-state index contributed by atoms with van der Waals surface area (Å²) in [5, 5.41) is 12.8. The van der Waals surface area contributed by atoms with E-state index in [1.54, 1.807) is 18.3 Å². The van der Waals surface area contributed by atoms with E-state index in [4.69, 9.17) is 16.0 Å². The Labute approximate surface area is 120 Å². The minimum Gasteiger partial charge on any atom is -0.394 e. The monoisotopic (exact) mass is 292 g/mol. The second-order valence-electron chi connectivity index (χ2n) is 4.59. The zero-order chi connectivity index (χ0) is 15.4. The Morgan fingerprint density at radius 2 is 2.52 bits per heavy atom. The van der Waals surface area contributed by atoms with Gasteiger partial charge in [-0.1, -0.05) is 17.3 Å². The maximum absolute atomic E-state index is 11.9. The van der Waals surface area contributed by atoms with Gasteiger partial charge in [0, 0.05) is 23.1 Å². The Bertz CT molecular complexity index is 649. The first-order chi connectivity index (χ1) is 10.1. The molecule has 0 saturated carbocycles. The van der Waals surface area contributed by atoms with Crippen molar-refractivity contribution in [3.05, 3.63) is 38.8 Å². The third kappa shape index (κ3) is 3.05. The summed E-state index contributed by atoms with van der Waals surface area (Å²) >= 11 is 0. The van der Waals surface area contributed by atoms with Crippen LogP contribution in [-0.4, -0.2) is 33.4 Å². The second kappa shape index (κ2) is 6.40. The zero-order valence-electron chi connectivity index (χ0n) is 11.5. The topological polar surface area (TPSA) is 139 Å². The molecule has 1 aromatic heterocycles. The highest BCUT2D eigenvalue weighted by Crippen LogP contribution is 2.30. The van der Waals surface area contributed by atoms with Gasteiger partial charge in [-0.05, 0) is 12.5 Å². The summed E-state index contributed by atoms with van der Waals surface area (Å²) in [6.07, 6.45) is 4.04. The Morgan fingerprint density at radius 1 is 1.76 bits per heavy atom. The number of ether oxygens (including phenoxy) is 1. The van der Waals surface area contributed by atoms with Gasteiger partial charge in [0.25, 0.3) is 0 Å². The molecule has 112 valence electrons. The summed E-state index contributed by atoms with van der Waals surface area (Å²) < 4.78 is 6.85. The van der Waals surface area contributed by atoms with E-state index in [-0.39, 0.29) is 18.8 Å². The van der Waals surface area contributed by atoms with Crippen molar-refractivity contribution >= 4 is 11.9 Å². The third-order valence-corrected chi connectivity index (χ3v) is 3.25. The van der Waals surface area contributed by atoms with Gasteiger partial charge in [0.1, 0.15) is 12.0 Å². The van der Waals surface area contributed by atoms with Crippen molar-refractivity contribution in [3.8, 4) is 0 Å². The van der Waals surface area contributed by atoms with Gasteiger partial charge >= 0.3 is 5.69 Å². The van der Waals surface area contributed by atoms with E-state index in [1.165, 1.54) is 4.57 Å². The van der Waals surface area contributed by atoms with Gasteiger partial charge in [-0.15, -0.1) is 0 Å². The summed E-state index contributed by atoms with van der Waals surface area (Å²) in [4.78, 5) is 18.4. The fourth-order valence-corrected chi connectivity index (χ4v) is 2.25. The summed E-state index contributed by atoms with van der Waals surface area (Å²) in [5.41, 5.74) is 14.2. The molecule has 1 aromatic rings. The number of nitrogens with two attached hydrogens (primary N) is 1. The van der Waals surface area contributed by atoms with E-state index < -0.39 is 24.1 Å². The lowest BCUT2D eigenvalue weighted by Gasteiger charge is -2.15. The SMILES string of the molecule is CC=Cc1cn([C@H]2CC(N=[N+]=[N-])[C@@H](CO)O2)c(=O)nc1N. The molecule has 0 spiro atoms. The summed E-state index contributed by atoms with van der Waals surface area (Å²) in [6, 6.07) is -0.528. The van der Waals surface area contributed by atoms with E-state index in [1.807, 2.05) is 6.92 Å². The average molecular weight is 292 g/mol. The predicted octanol–water partition coefficient (Wildman–Crippen LogP) is 0.817. The fourth-order valence-electron chi connectivity index (χ4n) is 2.25. The molecule has 1 fully saturated rings. The van der Waals surface area contributed by atoms with Crippen LogP contribution < -0.4 is 11.4 Å². The van der Waals surface area contributed by atoms with Crippen molar-refractivity contribution in [2.24, 2.45) is 5.11 Å². The Kier molecular flexibility index (Phi) is 4.59. The number of aromatic nitrogens is 2. The van der Waals surface area contributed by atoms with Crippen molar-refractivity contribution in [2.75, 3.05) is 12.3 Å². The molecule has 1 unspecified atom stereocenters. The van der Waals surface area contributed by atoms with Crippen LogP contribution in [0.25, 0.3) is 16.5 Å². The maximum atomic E-state index is 11.9. The number of hydrogen-bond acceptors (Lipinski definition) is 6. The minimum atomic E-state index is -0.651. The van der Waals surface area contributed by atoms with Crippen molar-refractivity contribution in [2.45, 2.75) is 31.7 Å². The quantitative estimate of drug-likeness (QED) is 0.480. The highest BCUT2D eigenvalue weighted by Gasteiger charge is 2.35. The smallest absolute Gasteiger partial charge is 0.351 e. The van der Waals surface area contributed by atoms with Gasteiger partial charge in [-0.3, -0.25) is 4.57 Å². The molecule has 2 heterocycles. The molecule has 1 saturated heterocycles. The fraction of sp³-hybridized carbons (Fsp3) is 0.500. The molecule has 1 aliphatic heterocycles. The van der Waals surface area contributed by atoms with Crippen LogP contribution in [-0.2, 0) is 4.74 Å². The number of aliphatic hydroxyl groups excluding tert-OH is 1. The largest absolute Gasteiger partial charge is 0.394 e. The molecule has 0 radical (unpaired) electrons. The summed E-state index contributed by atoms with van der Waals surface area (Å²) in [6.45, 7) is 1.53. The van der Waals surface area contributed by atoms with Crippen molar-refractivity contribution in [1.82, 2.24) is 9.55 Å². The predicted molar refractivity (Wildman–Crippen MR) is 76.2 cm³/mol. The van der Waals surface area contributed by atoms with Gasteiger partial charge in [-0.25, -0.2) is 4.79 Å².